The molecule has 3 aromatic rings. The van der Waals surface area contributed by atoms with Gasteiger partial charge in [-0.3, -0.25) is 0 Å². The fraction of sp³-hybridized carbons (Fsp3) is 0.0556. The third-order valence-corrected chi connectivity index (χ3v) is 4.92. The zero-order valence-corrected chi connectivity index (χ0v) is 13.2. The molecule has 0 radical (unpaired) electrons. The Morgan fingerprint density at radius 3 is 2.39 bits per heavy atom. The number of nitrogens with zero attached hydrogens (tertiary/aromatic N) is 1. The standard InChI is InChI=1S/C18H13NO3S/c1-13-4-2-3-5-18(13)23(20,21)22-17-9-8-15-10-14(12-19)6-7-16(15)11-17/h2-11H,1H3. The van der Waals surface area contributed by atoms with Gasteiger partial charge in [0.1, 0.15) is 10.6 Å². The maximum absolute atomic E-state index is 12.4. The first-order chi connectivity index (χ1) is 11.0. The molecule has 5 heteroatoms. The lowest BCUT2D eigenvalue weighted by molar-refractivity contribution is 0.486. The van der Waals surface area contributed by atoms with Crippen molar-refractivity contribution in [2.24, 2.45) is 0 Å². The molecule has 0 amide bonds. The third-order valence-electron chi connectivity index (χ3n) is 3.51. The van der Waals surface area contributed by atoms with Crippen LogP contribution < -0.4 is 4.18 Å². The topological polar surface area (TPSA) is 67.2 Å². The summed E-state index contributed by atoms with van der Waals surface area (Å²) in [6.45, 7) is 1.72. The highest BCUT2D eigenvalue weighted by atomic mass is 32.2. The molecule has 0 N–H and O–H groups in total. The maximum Gasteiger partial charge on any atom is 0.339 e. The Morgan fingerprint density at radius 1 is 0.957 bits per heavy atom. The first-order valence-corrected chi connectivity index (χ1v) is 8.34. The van der Waals surface area contributed by atoms with E-state index in [9.17, 15) is 8.42 Å². The van der Waals surface area contributed by atoms with Crippen LogP contribution in [0.1, 0.15) is 11.1 Å². The van der Waals surface area contributed by atoms with Crippen LogP contribution >= 0.6 is 0 Å². The summed E-state index contributed by atoms with van der Waals surface area (Å²) >= 11 is 0. The van der Waals surface area contributed by atoms with Gasteiger partial charge in [-0.2, -0.15) is 13.7 Å². The molecule has 0 aliphatic rings. The van der Waals surface area contributed by atoms with Gasteiger partial charge in [0.15, 0.2) is 0 Å². The highest BCUT2D eigenvalue weighted by molar-refractivity contribution is 7.87. The van der Waals surface area contributed by atoms with E-state index in [1.807, 2.05) is 0 Å². The Balaban J connectivity index is 1.98. The Morgan fingerprint density at radius 2 is 1.65 bits per heavy atom. The van der Waals surface area contributed by atoms with Crippen molar-refractivity contribution >= 4 is 20.9 Å². The monoisotopic (exact) mass is 323 g/mol. The third kappa shape index (κ3) is 3.03. The number of benzene rings is 3. The highest BCUT2D eigenvalue weighted by Crippen LogP contribution is 2.25. The normalized spacial score (nSPS) is 11.1. The average molecular weight is 323 g/mol. The van der Waals surface area contributed by atoms with Crippen LogP contribution in [0.25, 0.3) is 10.8 Å². The van der Waals surface area contributed by atoms with Gasteiger partial charge in [-0.05, 0) is 53.6 Å². The van der Waals surface area contributed by atoms with Gasteiger partial charge in [0, 0.05) is 0 Å². The van der Waals surface area contributed by atoms with Crippen LogP contribution in [0.2, 0.25) is 0 Å². The minimum absolute atomic E-state index is 0.153. The summed E-state index contributed by atoms with van der Waals surface area (Å²) in [5, 5.41) is 10.6. The second-order valence-corrected chi connectivity index (χ2v) is 6.65. The molecule has 0 unspecified atom stereocenters. The molecule has 3 aromatic carbocycles. The van der Waals surface area contributed by atoms with E-state index >= 15 is 0 Å². The van der Waals surface area contributed by atoms with Crippen molar-refractivity contribution in [3.63, 3.8) is 0 Å². The Bertz CT molecular complexity index is 1030. The van der Waals surface area contributed by atoms with Gasteiger partial charge in [0.05, 0.1) is 11.6 Å². The van der Waals surface area contributed by atoms with Gasteiger partial charge in [-0.25, -0.2) is 0 Å². The van der Waals surface area contributed by atoms with Crippen LogP contribution in [0, 0.1) is 18.3 Å². The number of aryl methyl sites for hydroxylation is 1. The number of hydrogen-bond acceptors (Lipinski definition) is 4. The zero-order valence-electron chi connectivity index (χ0n) is 12.4. The Labute approximate surface area is 134 Å². The molecule has 0 aromatic heterocycles. The molecule has 3 rings (SSSR count). The second kappa shape index (κ2) is 5.75. The maximum atomic E-state index is 12.4. The number of fused-ring (bicyclic) bond motifs is 1. The van der Waals surface area contributed by atoms with Crippen LogP contribution in [0.4, 0.5) is 0 Å². The van der Waals surface area contributed by atoms with Crippen molar-refractivity contribution in [1.82, 2.24) is 0 Å². The van der Waals surface area contributed by atoms with E-state index in [2.05, 4.69) is 6.07 Å². The molecule has 0 atom stereocenters. The fourth-order valence-corrected chi connectivity index (χ4v) is 3.51. The molecule has 114 valence electrons. The summed E-state index contributed by atoms with van der Waals surface area (Å²) in [4.78, 5) is 0.153. The van der Waals surface area contributed by atoms with Gasteiger partial charge >= 0.3 is 10.1 Å². The van der Waals surface area contributed by atoms with Crippen molar-refractivity contribution in [3.05, 3.63) is 71.8 Å². The van der Waals surface area contributed by atoms with Crippen LogP contribution in [-0.4, -0.2) is 8.42 Å². The van der Waals surface area contributed by atoms with E-state index < -0.39 is 10.1 Å². The van der Waals surface area contributed by atoms with E-state index in [-0.39, 0.29) is 10.6 Å². The summed E-state index contributed by atoms with van der Waals surface area (Å²) in [6.07, 6.45) is 0. The summed E-state index contributed by atoms with van der Waals surface area (Å²) in [5.74, 6) is 0.241. The Kier molecular flexibility index (Phi) is 3.77. The molecular formula is C18H13NO3S. The van der Waals surface area contributed by atoms with E-state index in [1.54, 1.807) is 61.5 Å². The largest absolute Gasteiger partial charge is 0.379 e. The fourth-order valence-electron chi connectivity index (χ4n) is 2.35. The van der Waals surface area contributed by atoms with Crippen molar-refractivity contribution in [2.45, 2.75) is 11.8 Å². The second-order valence-electron chi connectivity index (χ2n) is 5.14. The first kappa shape index (κ1) is 15.1. The van der Waals surface area contributed by atoms with Gasteiger partial charge in [-0.1, -0.05) is 30.3 Å². The molecule has 0 spiro atoms. The molecule has 0 heterocycles. The van der Waals surface area contributed by atoms with Gasteiger partial charge in [-0.15, -0.1) is 0 Å². The van der Waals surface area contributed by atoms with Crippen LogP contribution in [0.5, 0.6) is 5.75 Å². The molecular weight excluding hydrogens is 310 g/mol. The van der Waals surface area contributed by atoms with Gasteiger partial charge < -0.3 is 4.18 Å². The lowest BCUT2D eigenvalue weighted by Crippen LogP contribution is -2.11. The van der Waals surface area contributed by atoms with Crippen LogP contribution in [0.3, 0.4) is 0 Å². The summed E-state index contributed by atoms with van der Waals surface area (Å²) in [5.41, 5.74) is 1.19. The minimum atomic E-state index is -3.88. The molecule has 0 aliphatic carbocycles. The molecule has 0 fully saturated rings. The van der Waals surface area contributed by atoms with Crippen molar-refractivity contribution in [2.75, 3.05) is 0 Å². The van der Waals surface area contributed by atoms with E-state index in [0.717, 1.165) is 10.8 Å². The molecule has 0 saturated carbocycles. The number of hydrogen-bond donors (Lipinski definition) is 0. The molecule has 0 aliphatic heterocycles. The van der Waals surface area contributed by atoms with E-state index in [0.29, 0.717) is 11.1 Å². The highest BCUT2D eigenvalue weighted by Gasteiger charge is 2.18. The summed E-state index contributed by atoms with van der Waals surface area (Å²) in [6, 6.07) is 18.9. The molecule has 4 nitrogen and oxygen atoms in total. The van der Waals surface area contributed by atoms with E-state index in [4.69, 9.17) is 9.44 Å². The Hall–Kier alpha value is -2.84. The zero-order chi connectivity index (χ0) is 16.4. The van der Waals surface area contributed by atoms with Gasteiger partial charge in [0.25, 0.3) is 0 Å². The SMILES string of the molecule is Cc1ccccc1S(=O)(=O)Oc1ccc2cc(C#N)ccc2c1. The lowest BCUT2D eigenvalue weighted by Gasteiger charge is -2.10. The van der Waals surface area contributed by atoms with Crippen molar-refractivity contribution in [1.29, 1.82) is 5.26 Å². The van der Waals surface area contributed by atoms with Gasteiger partial charge in [0.2, 0.25) is 0 Å². The quantitative estimate of drug-likeness (QED) is 0.688. The minimum Gasteiger partial charge on any atom is -0.379 e. The summed E-state index contributed by atoms with van der Waals surface area (Å²) < 4.78 is 30.0. The predicted molar refractivity (Wildman–Crippen MR) is 87.7 cm³/mol. The molecule has 0 saturated heterocycles. The van der Waals surface area contributed by atoms with Crippen molar-refractivity contribution < 1.29 is 12.6 Å². The summed E-state index contributed by atoms with van der Waals surface area (Å²) in [7, 11) is -3.88. The molecule has 0 bridgehead atoms. The smallest absolute Gasteiger partial charge is 0.339 e. The van der Waals surface area contributed by atoms with Crippen molar-refractivity contribution in [3.8, 4) is 11.8 Å². The lowest BCUT2D eigenvalue weighted by atomic mass is 10.1. The van der Waals surface area contributed by atoms with E-state index in [1.165, 1.54) is 6.07 Å². The predicted octanol–water partition coefficient (Wildman–Crippen LogP) is 3.79. The first-order valence-electron chi connectivity index (χ1n) is 6.94. The van der Waals surface area contributed by atoms with Crippen LogP contribution in [-0.2, 0) is 10.1 Å². The number of rotatable bonds is 3. The number of nitriles is 1. The molecule has 23 heavy (non-hydrogen) atoms. The van der Waals surface area contributed by atoms with Crippen LogP contribution in [0.15, 0.2) is 65.6 Å². The average Bonchev–Trinajstić information content (AvgIpc) is 2.54.